The van der Waals surface area contributed by atoms with E-state index in [1.807, 2.05) is 18.2 Å². The molecule has 0 saturated heterocycles. The average molecular weight is 427 g/mol. The molecule has 0 fully saturated rings. The van der Waals surface area contributed by atoms with Gasteiger partial charge in [0, 0.05) is 16.6 Å². The van der Waals surface area contributed by atoms with E-state index in [1.165, 1.54) is 5.56 Å². The first-order valence-electron chi connectivity index (χ1n) is 9.76. The van der Waals surface area contributed by atoms with E-state index in [4.69, 9.17) is 0 Å². The first-order chi connectivity index (χ1) is 12.8. The quantitative estimate of drug-likeness (QED) is 0.467. The lowest BCUT2D eigenvalue weighted by atomic mass is 9.69. The third-order valence-corrected chi connectivity index (χ3v) is 6.78. The summed E-state index contributed by atoms with van der Waals surface area (Å²) in [7, 11) is 2.18. The van der Waals surface area contributed by atoms with E-state index < -0.39 is 5.41 Å². The third-order valence-electron chi connectivity index (χ3n) is 6.08. The Bertz CT molecular complexity index is 765. The van der Waals surface area contributed by atoms with E-state index in [-0.39, 0.29) is 5.92 Å². The molecule has 0 aliphatic heterocycles. The Labute approximate surface area is 173 Å². The second-order valence-electron chi connectivity index (χ2n) is 7.86. The molecular weight excluding hydrogens is 396 g/mol. The summed E-state index contributed by atoms with van der Waals surface area (Å²) in [6.07, 6.45) is 1.82. The number of benzene rings is 2. The molecule has 2 aromatic carbocycles. The van der Waals surface area contributed by atoms with Gasteiger partial charge in [-0.2, -0.15) is 5.26 Å². The monoisotopic (exact) mass is 426 g/mol. The topological polar surface area (TPSA) is 27.0 Å². The summed E-state index contributed by atoms with van der Waals surface area (Å²) in [6.45, 7) is 8.83. The Morgan fingerprint density at radius 1 is 1.00 bits per heavy atom. The Kier molecular flexibility index (Phi) is 7.65. The van der Waals surface area contributed by atoms with E-state index in [1.54, 1.807) is 0 Å². The lowest BCUT2D eigenvalue weighted by molar-refractivity contribution is 0.175. The zero-order valence-corrected chi connectivity index (χ0v) is 18.7. The van der Waals surface area contributed by atoms with E-state index in [9.17, 15) is 5.26 Å². The van der Waals surface area contributed by atoms with Crippen LogP contribution in [-0.2, 0) is 5.41 Å². The predicted molar refractivity (Wildman–Crippen MR) is 118 cm³/mol. The van der Waals surface area contributed by atoms with Gasteiger partial charge < -0.3 is 0 Å². The summed E-state index contributed by atoms with van der Waals surface area (Å²) < 4.78 is 1.03. The molecule has 2 nitrogen and oxygen atoms in total. The van der Waals surface area contributed by atoms with Crippen LogP contribution < -0.4 is 0 Å². The van der Waals surface area contributed by atoms with Crippen LogP contribution in [0.5, 0.6) is 0 Å². The van der Waals surface area contributed by atoms with Crippen LogP contribution in [0.1, 0.15) is 57.7 Å². The molecule has 0 saturated carbocycles. The molecule has 144 valence electrons. The zero-order chi connectivity index (χ0) is 20.0. The van der Waals surface area contributed by atoms with Crippen molar-refractivity contribution in [2.75, 3.05) is 7.05 Å². The van der Waals surface area contributed by atoms with Crippen LogP contribution in [-0.4, -0.2) is 18.0 Å². The molecule has 27 heavy (non-hydrogen) atoms. The van der Waals surface area contributed by atoms with Crippen LogP contribution in [0, 0.1) is 17.2 Å². The normalized spacial score (nSPS) is 16.0. The molecule has 3 atom stereocenters. The zero-order valence-electron chi connectivity index (χ0n) is 17.1. The highest BCUT2D eigenvalue weighted by molar-refractivity contribution is 9.10. The summed E-state index contributed by atoms with van der Waals surface area (Å²) in [4.78, 5) is 2.41. The van der Waals surface area contributed by atoms with Crippen LogP contribution in [0.15, 0.2) is 59.1 Å². The fourth-order valence-electron chi connectivity index (χ4n) is 3.79. The van der Waals surface area contributed by atoms with Crippen molar-refractivity contribution in [1.82, 2.24) is 4.90 Å². The number of halogens is 1. The van der Waals surface area contributed by atoms with Gasteiger partial charge in [0.15, 0.2) is 0 Å². The third kappa shape index (κ3) is 4.81. The molecule has 0 heterocycles. The molecule has 0 spiro atoms. The van der Waals surface area contributed by atoms with Crippen molar-refractivity contribution in [3.63, 3.8) is 0 Å². The maximum absolute atomic E-state index is 10.2. The molecule has 0 aromatic heterocycles. The van der Waals surface area contributed by atoms with Gasteiger partial charge in [0.1, 0.15) is 0 Å². The van der Waals surface area contributed by atoms with E-state index >= 15 is 0 Å². The lowest BCUT2D eigenvalue weighted by Gasteiger charge is -2.36. The molecule has 0 N–H and O–H groups in total. The average Bonchev–Trinajstić information content (AvgIpc) is 2.69. The van der Waals surface area contributed by atoms with Crippen LogP contribution in [0.25, 0.3) is 0 Å². The Balaban J connectivity index is 2.18. The minimum Gasteiger partial charge on any atom is -0.297 e. The first kappa shape index (κ1) is 21.7. The van der Waals surface area contributed by atoms with Crippen molar-refractivity contribution in [3.05, 3.63) is 70.2 Å². The molecule has 0 aliphatic rings. The van der Waals surface area contributed by atoms with Crippen molar-refractivity contribution in [1.29, 1.82) is 5.26 Å². The van der Waals surface area contributed by atoms with Gasteiger partial charge in [-0.25, -0.2) is 0 Å². The van der Waals surface area contributed by atoms with Gasteiger partial charge >= 0.3 is 0 Å². The molecular formula is C24H31BrN2. The molecule has 0 radical (unpaired) electrons. The number of hydrogen-bond donors (Lipinski definition) is 0. The highest BCUT2D eigenvalue weighted by Gasteiger charge is 2.37. The van der Waals surface area contributed by atoms with Crippen LogP contribution in [0.2, 0.25) is 0 Å². The van der Waals surface area contributed by atoms with Crippen molar-refractivity contribution in [2.45, 2.75) is 58.0 Å². The van der Waals surface area contributed by atoms with Gasteiger partial charge in [-0.05, 0) is 56.8 Å². The van der Waals surface area contributed by atoms with E-state index in [0.717, 1.165) is 22.9 Å². The largest absolute Gasteiger partial charge is 0.297 e. The van der Waals surface area contributed by atoms with E-state index in [0.29, 0.717) is 12.1 Å². The molecule has 0 bridgehead atoms. The maximum Gasteiger partial charge on any atom is 0.0856 e. The summed E-state index contributed by atoms with van der Waals surface area (Å²) >= 11 is 3.67. The summed E-state index contributed by atoms with van der Waals surface area (Å²) in [5, 5.41) is 10.2. The standard InChI is InChI=1S/C24H31BrN2/c1-18(2)24(17-26,22-13-9-10-14-23(22)25)16-15-19(3)27(5)20(4)21-11-7-6-8-12-21/h6-14,18-20H,15-16H2,1-5H3. The maximum atomic E-state index is 10.2. The highest BCUT2D eigenvalue weighted by Crippen LogP contribution is 2.41. The fraction of sp³-hybridized carbons (Fsp3) is 0.458. The minimum absolute atomic E-state index is 0.241. The van der Waals surface area contributed by atoms with Gasteiger partial charge in [-0.3, -0.25) is 4.90 Å². The first-order valence-corrected chi connectivity index (χ1v) is 10.6. The predicted octanol–water partition coefficient (Wildman–Crippen LogP) is 6.73. The van der Waals surface area contributed by atoms with Crippen LogP contribution in [0.3, 0.4) is 0 Å². The van der Waals surface area contributed by atoms with E-state index in [2.05, 4.69) is 98.0 Å². The van der Waals surface area contributed by atoms with Crippen molar-refractivity contribution in [3.8, 4) is 6.07 Å². The van der Waals surface area contributed by atoms with Crippen LogP contribution >= 0.6 is 15.9 Å². The van der Waals surface area contributed by atoms with Crippen molar-refractivity contribution in [2.24, 2.45) is 5.92 Å². The number of rotatable bonds is 8. The van der Waals surface area contributed by atoms with Gasteiger partial charge in [0.05, 0.1) is 11.5 Å². The van der Waals surface area contributed by atoms with Crippen molar-refractivity contribution >= 4 is 15.9 Å². The van der Waals surface area contributed by atoms with Crippen molar-refractivity contribution < 1.29 is 0 Å². The second kappa shape index (κ2) is 9.53. The molecule has 3 unspecified atom stereocenters. The Morgan fingerprint density at radius 3 is 2.15 bits per heavy atom. The number of nitrogens with zero attached hydrogens (tertiary/aromatic N) is 2. The molecule has 3 heteroatoms. The fourth-order valence-corrected chi connectivity index (χ4v) is 4.43. The highest BCUT2D eigenvalue weighted by atomic mass is 79.9. The Morgan fingerprint density at radius 2 is 1.59 bits per heavy atom. The summed E-state index contributed by atoms with van der Waals surface area (Å²) in [5.41, 5.74) is 1.95. The molecule has 2 rings (SSSR count). The van der Waals surface area contributed by atoms with Gasteiger partial charge in [0.25, 0.3) is 0 Å². The molecule has 0 aliphatic carbocycles. The van der Waals surface area contributed by atoms with Gasteiger partial charge in [-0.1, -0.05) is 78.3 Å². The SMILES string of the molecule is CC(CCC(C#N)(c1ccccc1Br)C(C)C)N(C)C(C)c1ccccc1. The lowest BCUT2D eigenvalue weighted by Crippen LogP contribution is -2.36. The molecule has 0 amide bonds. The van der Waals surface area contributed by atoms with Gasteiger partial charge in [-0.15, -0.1) is 0 Å². The minimum atomic E-state index is -0.481. The summed E-state index contributed by atoms with van der Waals surface area (Å²) in [6, 6.07) is 22.2. The number of nitriles is 1. The smallest absolute Gasteiger partial charge is 0.0856 e. The van der Waals surface area contributed by atoms with Crippen LogP contribution in [0.4, 0.5) is 0 Å². The number of hydrogen-bond acceptors (Lipinski definition) is 2. The summed E-state index contributed by atoms with van der Waals surface area (Å²) in [5.74, 6) is 0.241. The molecule has 2 aromatic rings. The van der Waals surface area contributed by atoms with Gasteiger partial charge in [0.2, 0.25) is 0 Å². The Hall–Kier alpha value is -1.63. The second-order valence-corrected chi connectivity index (χ2v) is 8.71.